The number of carbonyl (C=O) groups excluding carboxylic acids is 1. The average molecular weight is 349 g/mol. The van der Waals surface area contributed by atoms with Crippen LogP contribution in [0.1, 0.15) is 16.9 Å². The van der Waals surface area contributed by atoms with Gasteiger partial charge >= 0.3 is 0 Å². The summed E-state index contributed by atoms with van der Waals surface area (Å²) in [6.45, 7) is 0. The van der Waals surface area contributed by atoms with Gasteiger partial charge in [0, 0.05) is 10.3 Å². The average Bonchev–Trinajstić information content (AvgIpc) is 3.21. The third-order valence-electron chi connectivity index (χ3n) is 3.41. The van der Waals surface area contributed by atoms with Crippen LogP contribution in [0.4, 0.5) is 5.13 Å². The molecule has 4 rings (SSSR count). The van der Waals surface area contributed by atoms with Crippen LogP contribution in [0.15, 0.2) is 16.9 Å². The van der Waals surface area contributed by atoms with E-state index in [1.165, 1.54) is 40.0 Å². The fourth-order valence-corrected chi connectivity index (χ4v) is 5.11. The minimum Gasteiger partial charge on any atom is -0.300 e. The van der Waals surface area contributed by atoms with Gasteiger partial charge in [-0.1, -0.05) is 23.1 Å². The number of fused-ring (bicyclic) bond motifs is 3. The van der Waals surface area contributed by atoms with Crippen molar-refractivity contribution >= 4 is 55.7 Å². The normalized spacial score (nSPS) is 13.5. The van der Waals surface area contributed by atoms with Crippen molar-refractivity contribution in [1.82, 2.24) is 20.2 Å². The Bertz CT molecular complexity index is 830. The van der Waals surface area contributed by atoms with Crippen LogP contribution in [-0.4, -0.2) is 31.8 Å². The van der Waals surface area contributed by atoms with Crippen LogP contribution in [0, 0.1) is 0 Å². The number of hydrogen-bond acceptors (Lipinski definition) is 8. The highest BCUT2D eigenvalue weighted by molar-refractivity contribution is 8.00. The maximum Gasteiger partial charge on any atom is 0.236 e. The Morgan fingerprint density at radius 3 is 3.18 bits per heavy atom. The lowest BCUT2D eigenvalue weighted by atomic mass is 10.2. The van der Waals surface area contributed by atoms with Crippen LogP contribution in [0.3, 0.4) is 0 Å². The quantitative estimate of drug-likeness (QED) is 0.576. The third kappa shape index (κ3) is 2.59. The minimum atomic E-state index is -0.0969. The number of aromatic nitrogens is 4. The molecule has 0 aromatic carbocycles. The Morgan fingerprint density at radius 2 is 2.32 bits per heavy atom. The number of thiophene rings is 1. The van der Waals surface area contributed by atoms with Crippen LogP contribution < -0.4 is 5.32 Å². The van der Waals surface area contributed by atoms with Crippen molar-refractivity contribution in [2.75, 3.05) is 11.1 Å². The molecule has 3 heterocycles. The van der Waals surface area contributed by atoms with Crippen LogP contribution in [0.5, 0.6) is 0 Å². The molecule has 0 fully saturated rings. The second-order valence-corrected chi connectivity index (χ2v) is 7.68. The Labute approximate surface area is 138 Å². The Hall–Kier alpha value is -1.58. The maximum atomic E-state index is 12.0. The fraction of sp³-hybridized carbons (Fsp3) is 0.308. The molecule has 112 valence electrons. The lowest BCUT2D eigenvalue weighted by Gasteiger charge is -2.03. The van der Waals surface area contributed by atoms with Crippen molar-refractivity contribution in [2.45, 2.75) is 24.3 Å². The summed E-state index contributed by atoms with van der Waals surface area (Å²) in [6, 6.07) is 0. The van der Waals surface area contributed by atoms with E-state index >= 15 is 0 Å². The molecule has 22 heavy (non-hydrogen) atoms. The number of aryl methyl sites for hydroxylation is 2. The van der Waals surface area contributed by atoms with E-state index in [1.54, 1.807) is 23.2 Å². The molecular weight excluding hydrogens is 338 g/mol. The van der Waals surface area contributed by atoms with Gasteiger partial charge < -0.3 is 0 Å². The van der Waals surface area contributed by atoms with Gasteiger partial charge in [0.1, 0.15) is 21.7 Å². The monoisotopic (exact) mass is 349 g/mol. The first-order valence-corrected chi connectivity index (χ1v) is 9.43. The zero-order valence-corrected chi connectivity index (χ0v) is 13.9. The molecular formula is C13H11N5OS3. The summed E-state index contributed by atoms with van der Waals surface area (Å²) in [5.41, 5.74) is 2.97. The summed E-state index contributed by atoms with van der Waals surface area (Å²) >= 11 is 4.51. The van der Waals surface area contributed by atoms with E-state index in [9.17, 15) is 4.79 Å². The van der Waals surface area contributed by atoms with Gasteiger partial charge in [0.25, 0.3) is 0 Å². The van der Waals surface area contributed by atoms with Crippen molar-refractivity contribution in [3.63, 3.8) is 0 Å². The van der Waals surface area contributed by atoms with Crippen molar-refractivity contribution in [2.24, 2.45) is 0 Å². The number of anilines is 1. The van der Waals surface area contributed by atoms with Crippen molar-refractivity contribution in [3.8, 4) is 0 Å². The van der Waals surface area contributed by atoms with Gasteiger partial charge in [-0.15, -0.1) is 21.5 Å². The van der Waals surface area contributed by atoms with E-state index in [4.69, 9.17) is 0 Å². The number of hydrogen-bond donors (Lipinski definition) is 1. The molecule has 3 aromatic rings. The molecule has 0 radical (unpaired) electrons. The number of nitrogens with zero attached hydrogens (tertiary/aromatic N) is 4. The molecule has 0 aliphatic heterocycles. The molecule has 0 saturated carbocycles. The van der Waals surface area contributed by atoms with Crippen molar-refractivity contribution in [1.29, 1.82) is 0 Å². The molecule has 1 amide bonds. The second-order valence-electron chi connectivity index (χ2n) is 4.80. The number of carbonyl (C=O) groups is 1. The molecule has 0 bridgehead atoms. The first-order valence-electron chi connectivity index (χ1n) is 6.75. The minimum absolute atomic E-state index is 0.0969. The second kappa shape index (κ2) is 5.90. The Morgan fingerprint density at radius 1 is 1.36 bits per heavy atom. The lowest BCUT2D eigenvalue weighted by molar-refractivity contribution is -0.113. The molecule has 1 N–H and O–H groups in total. The SMILES string of the molecule is O=C(CSc1ncnc2sc3c(c12)CCC3)Nc1nncs1. The standard InChI is InChI=1S/C13H11N5OS3/c19-9(17-13-18-16-6-21-13)4-20-11-10-7-2-1-3-8(7)22-12(10)15-5-14-11/h5-6H,1-4H2,(H,17,18,19). The summed E-state index contributed by atoms with van der Waals surface area (Å²) in [6.07, 6.45) is 5.01. The van der Waals surface area contributed by atoms with Gasteiger partial charge in [0.15, 0.2) is 0 Å². The van der Waals surface area contributed by atoms with Gasteiger partial charge in [0.05, 0.1) is 5.75 Å². The van der Waals surface area contributed by atoms with Crippen molar-refractivity contribution < 1.29 is 4.79 Å². The molecule has 0 saturated heterocycles. The third-order valence-corrected chi connectivity index (χ3v) is 6.21. The zero-order chi connectivity index (χ0) is 14.9. The number of thioether (sulfide) groups is 1. The number of rotatable bonds is 4. The van der Waals surface area contributed by atoms with E-state index in [1.807, 2.05) is 0 Å². The topological polar surface area (TPSA) is 80.7 Å². The van der Waals surface area contributed by atoms with E-state index in [-0.39, 0.29) is 5.91 Å². The maximum absolute atomic E-state index is 12.0. The summed E-state index contributed by atoms with van der Waals surface area (Å²) in [7, 11) is 0. The van der Waals surface area contributed by atoms with Gasteiger partial charge in [-0.05, 0) is 24.8 Å². The first-order chi connectivity index (χ1) is 10.8. The van der Waals surface area contributed by atoms with Crippen LogP contribution in [-0.2, 0) is 17.6 Å². The first kappa shape index (κ1) is 14.0. The number of nitrogens with one attached hydrogen (secondary N) is 1. The molecule has 0 unspecified atom stereocenters. The highest BCUT2D eigenvalue weighted by atomic mass is 32.2. The van der Waals surface area contributed by atoms with E-state index in [0.29, 0.717) is 10.9 Å². The fourth-order valence-electron chi connectivity index (χ4n) is 2.53. The van der Waals surface area contributed by atoms with Crippen LogP contribution in [0.25, 0.3) is 10.2 Å². The summed E-state index contributed by atoms with van der Waals surface area (Å²) < 4.78 is 0. The van der Waals surface area contributed by atoms with Crippen molar-refractivity contribution in [3.05, 3.63) is 22.3 Å². The summed E-state index contributed by atoms with van der Waals surface area (Å²) in [4.78, 5) is 23.2. The van der Waals surface area contributed by atoms with Crippen LogP contribution in [0.2, 0.25) is 0 Å². The predicted octanol–water partition coefficient (Wildman–Crippen LogP) is 2.76. The highest BCUT2D eigenvalue weighted by Gasteiger charge is 2.21. The molecule has 0 atom stereocenters. The lowest BCUT2D eigenvalue weighted by Crippen LogP contribution is -2.14. The molecule has 6 nitrogen and oxygen atoms in total. The largest absolute Gasteiger partial charge is 0.300 e. The van der Waals surface area contributed by atoms with E-state index in [2.05, 4.69) is 25.5 Å². The predicted molar refractivity (Wildman–Crippen MR) is 88.7 cm³/mol. The smallest absolute Gasteiger partial charge is 0.236 e. The van der Waals surface area contributed by atoms with E-state index in [0.717, 1.165) is 28.1 Å². The van der Waals surface area contributed by atoms with Crippen LogP contribution >= 0.6 is 34.4 Å². The summed E-state index contributed by atoms with van der Waals surface area (Å²) in [5.74, 6) is 0.205. The van der Waals surface area contributed by atoms with Gasteiger partial charge in [-0.2, -0.15) is 0 Å². The molecule has 1 aliphatic carbocycles. The van der Waals surface area contributed by atoms with Gasteiger partial charge in [-0.3, -0.25) is 10.1 Å². The van der Waals surface area contributed by atoms with Gasteiger partial charge in [0.2, 0.25) is 11.0 Å². The Balaban J connectivity index is 1.53. The molecule has 9 heteroatoms. The molecule has 1 aliphatic rings. The Kier molecular flexibility index (Phi) is 3.77. The zero-order valence-electron chi connectivity index (χ0n) is 11.4. The molecule has 3 aromatic heterocycles. The number of amides is 1. The highest BCUT2D eigenvalue weighted by Crippen LogP contribution is 2.39. The van der Waals surface area contributed by atoms with E-state index < -0.39 is 0 Å². The summed E-state index contributed by atoms with van der Waals surface area (Å²) in [5, 5.41) is 12.8. The molecule has 0 spiro atoms. The van der Waals surface area contributed by atoms with Gasteiger partial charge in [-0.25, -0.2) is 9.97 Å².